The number of piperidine rings is 1. The van der Waals surface area contributed by atoms with Crippen LogP contribution in [-0.4, -0.2) is 43.7 Å². The minimum Gasteiger partial charge on any atom is -0.314 e. The highest BCUT2D eigenvalue weighted by atomic mass is 16.2. The molecular weight excluding hydrogens is 376 g/mol. The van der Waals surface area contributed by atoms with Gasteiger partial charge in [-0.25, -0.2) is 4.79 Å². The smallest absolute Gasteiger partial charge is 0.314 e. The average Bonchev–Trinajstić information content (AvgIpc) is 2.74. The van der Waals surface area contributed by atoms with Crippen LogP contribution in [0.25, 0.3) is 10.8 Å². The number of amides is 2. The van der Waals surface area contributed by atoms with Gasteiger partial charge in [-0.15, -0.1) is 0 Å². The number of anilines is 1. The molecule has 0 saturated carbocycles. The van der Waals surface area contributed by atoms with E-state index in [0.29, 0.717) is 12.1 Å². The Bertz CT molecular complexity index is 837. The van der Waals surface area contributed by atoms with Crippen molar-refractivity contribution in [2.75, 3.05) is 18.4 Å². The zero-order chi connectivity index (χ0) is 20.8. The van der Waals surface area contributed by atoms with Gasteiger partial charge in [-0.2, -0.15) is 0 Å². The molecule has 0 aliphatic carbocycles. The monoisotopic (exact) mass is 410 g/mol. The van der Waals surface area contributed by atoms with Crippen molar-refractivity contribution >= 4 is 22.5 Å². The van der Waals surface area contributed by atoms with Crippen LogP contribution in [0.3, 0.4) is 0 Å². The maximum Gasteiger partial charge on any atom is 0.321 e. The second-order valence-electron chi connectivity index (χ2n) is 8.51. The van der Waals surface area contributed by atoms with E-state index in [1.165, 1.54) is 19.3 Å². The Morgan fingerprint density at radius 2 is 1.97 bits per heavy atom. The number of fused-ring (bicyclic) bond motifs is 1. The van der Waals surface area contributed by atoms with Crippen LogP contribution in [0.5, 0.6) is 0 Å². The number of nitrogens with one attached hydrogen (secondary N) is 6. The first-order valence-electron chi connectivity index (χ1n) is 11.2. The van der Waals surface area contributed by atoms with Crippen molar-refractivity contribution in [2.45, 2.75) is 63.6 Å². The van der Waals surface area contributed by atoms with Crippen molar-refractivity contribution in [3.63, 3.8) is 0 Å². The summed E-state index contributed by atoms with van der Waals surface area (Å²) in [6.45, 7) is 4.26. The van der Waals surface area contributed by atoms with E-state index < -0.39 is 0 Å². The van der Waals surface area contributed by atoms with Crippen molar-refractivity contribution in [3.8, 4) is 0 Å². The first kappa shape index (κ1) is 21.1. The van der Waals surface area contributed by atoms with E-state index in [4.69, 9.17) is 0 Å². The molecule has 2 aliphatic heterocycles. The predicted octanol–water partition coefficient (Wildman–Crippen LogP) is 2.66. The molecule has 0 spiro atoms. The number of carbonyl (C=O) groups excluding carboxylic acids is 1. The van der Waals surface area contributed by atoms with Crippen LogP contribution in [0.2, 0.25) is 0 Å². The molecule has 7 heteroatoms. The molecule has 0 aromatic heterocycles. The van der Waals surface area contributed by atoms with Gasteiger partial charge in [0.1, 0.15) is 6.29 Å². The molecule has 7 nitrogen and oxygen atoms in total. The van der Waals surface area contributed by atoms with Gasteiger partial charge in [0.05, 0.1) is 6.17 Å². The van der Waals surface area contributed by atoms with Gasteiger partial charge in [0.25, 0.3) is 0 Å². The number of benzene rings is 2. The van der Waals surface area contributed by atoms with Gasteiger partial charge in [0.2, 0.25) is 0 Å². The van der Waals surface area contributed by atoms with Gasteiger partial charge in [0.15, 0.2) is 0 Å². The fourth-order valence-corrected chi connectivity index (χ4v) is 4.42. The first-order valence-corrected chi connectivity index (χ1v) is 11.2. The molecule has 4 unspecified atom stereocenters. The molecule has 2 aliphatic rings. The predicted molar refractivity (Wildman–Crippen MR) is 122 cm³/mol. The van der Waals surface area contributed by atoms with Gasteiger partial charge in [-0.05, 0) is 68.6 Å². The molecule has 0 bridgehead atoms. The third-order valence-corrected chi connectivity index (χ3v) is 5.99. The lowest BCUT2D eigenvalue weighted by Crippen LogP contribution is -2.67. The minimum atomic E-state index is -0.278. The summed E-state index contributed by atoms with van der Waals surface area (Å²) in [5.41, 5.74) is 0.782. The van der Waals surface area contributed by atoms with E-state index in [1.807, 2.05) is 36.4 Å². The van der Waals surface area contributed by atoms with Crippen molar-refractivity contribution in [1.82, 2.24) is 26.6 Å². The standard InChI is InChI=1S/C23H34N6O/c1-16-14-21(25-13-11-19-8-4-5-12-24-19)28-22(26-16)29-23(30)27-20-10-9-17-6-2-3-7-18(17)15-20/h2-3,6-7,9-10,15-16,19,21-22,24-26,28H,4-5,8,11-14H2,1H3,(H2,27,29,30). The molecule has 4 atom stereocenters. The summed E-state index contributed by atoms with van der Waals surface area (Å²) in [6, 6.07) is 14.8. The lowest BCUT2D eigenvalue weighted by atomic mass is 10.0. The van der Waals surface area contributed by atoms with Gasteiger partial charge < -0.3 is 21.3 Å². The third kappa shape index (κ3) is 5.92. The van der Waals surface area contributed by atoms with Crippen LogP contribution in [-0.2, 0) is 0 Å². The Balaban J connectivity index is 1.24. The number of rotatable bonds is 6. The second-order valence-corrected chi connectivity index (χ2v) is 8.51. The summed E-state index contributed by atoms with van der Waals surface area (Å²) in [4.78, 5) is 12.5. The summed E-state index contributed by atoms with van der Waals surface area (Å²) >= 11 is 0. The van der Waals surface area contributed by atoms with E-state index in [0.717, 1.165) is 42.4 Å². The zero-order valence-corrected chi connectivity index (χ0v) is 17.7. The Labute approximate surface area is 178 Å². The summed E-state index contributed by atoms with van der Waals surface area (Å²) in [6.07, 6.45) is 5.92. The van der Waals surface area contributed by atoms with Gasteiger partial charge in [0, 0.05) is 17.8 Å². The molecule has 4 rings (SSSR count). The molecule has 2 aromatic rings. The molecule has 2 saturated heterocycles. The molecule has 162 valence electrons. The fraction of sp³-hybridized carbons (Fsp3) is 0.522. The van der Waals surface area contributed by atoms with Crippen LogP contribution in [0, 0.1) is 0 Å². The third-order valence-electron chi connectivity index (χ3n) is 5.99. The average molecular weight is 411 g/mol. The summed E-state index contributed by atoms with van der Waals surface area (Å²) in [7, 11) is 0. The van der Waals surface area contributed by atoms with E-state index in [9.17, 15) is 4.79 Å². The number of hydrogen-bond acceptors (Lipinski definition) is 5. The van der Waals surface area contributed by atoms with Crippen molar-refractivity contribution in [1.29, 1.82) is 0 Å². The highest BCUT2D eigenvalue weighted by Crippen LogP contribution is 2.18. The van der Waals surface area contributed by atoms with Crippen LogP contribution in [0.1, 0.15) is 39.0 Å². The lowest BCUT2D eigenvalue weighted by Gasteiger charge is -2.37. The number of carbonyl (C=O) groups is 1. The second kappa shape index (κ2) is 10.2. The highest BCUT2D eigenvalue weighted by Gasteiger charge is 2.26. The van der Waals surface area contributed by atoms with Crippen LogP contribution in [0.15, 0.2) is 42.5 Å². The Morgan fingerprint density at radius 1 is 1.10 bits per heavy atom. The van der Waals surface area contributed by atoms with Gasteiger partial charge in [-0.1, -0.05) is 36.8 Å². The molecule has 2 aromatic carbocycles. The van der Waals surface area contributed by atoms with Crippen molar-refractivity contribution in [3.05, 3.63) is 42.5 Å². The molecule has 2 heterocycles. The summed E-state index contributed by atoms with van der Waals surface area (Å²) < 4.78 is 0. The molecular formula is C23H34N6O. The van der Waals surface area contributed by atoms with E-state index in [-0.39, 0.29) is 18.5 Å². The Morgan fingerprint density at radius 3 is 2.80 bits per heavy atom. The number of hydrogen-bond donors (Lipinski definition) is 6. The lowest BCUT2D eigenvalue weighted by molar-refractivity contribution is 0.192. The summed E-state index contributed by atoms with van der Waals surface area (Å²) in [5.74, 6) is 0. The van der Waals surface area contributed by atoms with E-state index in [2.05, 4.69) is 44.9 Å². The van der Waals surface area contributed by atoms with Crippen LogP contribution < -0.4 is 31.9 Å². The van der Waals surface area contributed by atoms with Crippen LogP contribution in [0.4, 0.5) is 10.5 Å². The van der Waals surface area contributed by atoms with Gasteiger partial charge >= 0.3 is 6.03 Å². The maximum absolute atomic E-state index is 12.5. The van der Waals surface area contributed by atoms with E-state index in [1.54, 1.807) is 0 Å². The Kier molecular flexibility index (Phi) is 7.17. The van der Waals surface area contributed by atoms with Crippen LogP contribution >= 0.6 is 0 Å². The number of urea groups is 1. The summed E-state index contributed by atoms with van der Waals surface area (Å²) in [5, 5.41) is 22.2. The molecule has 30 heavy (non-hydrogen) atoms. The normalized spacial score (nSPS) is 27.0. The maximum atomic E-state index is 12.5. The minimum absolute atomic E-state index is 0.177. The SMILES string of the molecule is CC1CC(NCCC2CCCCN2)NC(NC(=O)Nc2ccc3ccccc3c2)N1. The van der Waals surface area contributed by atoms with Gasteiger partial charge in [-0.3, -0.25) is 10.6 Å². The highest BCUT2D eigenvalue weighted by molar-refractivity contribution is 5.93. The largest absolute Gasteiger partial charge is 0.321 e. The van der Waals surface area contributed by atoms with Crippen molar-refractivity contribution < 1.29 is 4.79 Å². The van der Waals surface area contributed by atoms with Crippen molar-refractivity contribution in [2.24, 2.45) is 0 Å². The first-order chi connectivity index (χ1) is 14.7. The molecule has 2 amide bonds. The molecule has 6 N–H and O–H groups in total. The van der Waals surface area contributed by atoms with E-state index >= 15 is 0 Å². The molecule has 2 fully saturated rings. The quantitative estimate of drug-likeness (QED) is 0.441. The zero-order valence-electron chi connectivity index (χ0n) is 17.7. The fourth-order valence-electron chi connectivity index (χ4n) is 4.42. The topological polar surface area (TPSA) is 89.2 Å². The Hall–Kier alpha value is -2.19. The molecule has 0 radical (unpaired) electrons.